The highest BCUT2D eigenvalue weighted by Gasteiger charge is 2.25. The summed E-state index contributed by atoms with van der Waals surface area (Å²) >= 11 is 6.17. The molecule has 0 spiro atoms. The van der Waals surface area contributed by atoms with Crippen molar-refractivity contribution in [2.75, 3.05) is 24.6 Å². The largest absolute Gasteiger partial charge is 0.477 e. The zero-order valence-corrected chi connectivity index (χ0v) is 17.3. The molecule has 2 amide bonds. The molecule has 156 valence electrons. The number of piperidine rings is 1. The topological polar surface area (TPSA) is 92.8 Å². The maximum atomic E-state index is 11.1. The summed E-state index contributed by atoms with van der Waals surface area (Å²) in [6.07, 6.45) is 6.21. The van der Waals surface area contributed by atoms with Crippen LogP contribution in [0.3, 0.4) is 0 Å². The number of rotatable bonds is 4. The summed E-state index contributed by atoms with van der Waals surface area (Å²) in [5.41, 5.74) is 7.90. The second kappa shape index (κ2) is 9.17. The number of hydrogen-bond acceptors (Lipinski definition) is 5. The highest BCUT2D eigenvalue weighted by Crippen LogP contribution is 2.27. The number of pyridine rings is 1. The molecule has 3 N–H and O–H groups in total. The molecule has 0 bridgehead atoms. The van der Waals surface area contributed by atoms with Gasteiger partial charge in [0.25, 0.3) is 0 Å². The molecule has 30 heavy (non-hydrogen) atoms. The van der Waals surface area contributed by atoms with E-state index >= 15 is 0 Å². The predicted molar refractivity (Wildman–Crippen MR) is 119 cm³/mol. The molecule has 2 aromatic rings. The number of benzene rings is 1. The van der Waals surface area contributed by atoms with Crippen LogP contribution >= 0.6 is 11.6 Å². The number of aliphatic imine (C=N–C) groups is 1. The van der Waals surface area contributed by atoms with Crippen LogP contribution in [0.4, 0.5) is 10.6 Å². The molecule has 4 rings (SSSR count). The van der Waals surface area contributed by atoms with E-state index in [0.29, 0.717) is 17.5 Å². The molecule has 1 aromatic carbocycles. The Balaban J connectivity index is 1.60. The fourth-order valence-corrected chi connectivity index (χ4v) is 3.95. The molecule has 0 saturated carbocycles. The number of nitrogens with two attached hydrogens (primary N) is 1. The van der Waals surface area contributed by atoms with E-state index in [-0.39, 0.29) is 6.04 Å². The minimum atomic E-state index is -0.478. The Kier molecular flexibility index (Phi) is 6.18. The molecule has 0 unspecified atom stereocenters. The van der Waals surface area contributed by atoms with Gasteiger partial charge in [-0.2, -0.15) is 0 Å². The van der Waals surface area contributed by atoms with Gasteiger partial charge in [0, 0.05) is 42.3 Å². The third-order valence-corrected chi connectivity index (χ3v) is 5.43. The lowest BCUT2D eigenvalue weighted by Gasteiger charge is -2.33. The number of ether oxygens (including phenoxy) is 1. The standard InChI is InChI=1S/C22H24ClN5O2/c23-16-5-1-4-15(14-16)19-7-3-13-30-21(27-19)18-6-2-10-25-20(18)28-11-8-17(9-12-28)26-22(24)29/h1-2,4-7,10,14,17H,3,8-9,11-13H2,(H3,24,26,29). The van der Waals surface area contributed by atoms with E-state index in [9.17, 15) is 4.79 Å². The average Bonchev–Trinajstić information content (AvgIpc) is 3.00. The minimum absolute atomic E-state index is 0.0924. The average molecular weight is 426 g/mol. The lowest BCUT2D eigenvalue weighted by molar-refractivity contribution is 0.242. The van der Waals surface area contributed by atoms with Gasteiger partial charge in [0.2, 0.25) is 5.90 Å². The van der Waals surface area contributed by atoms with Crippen LogP contribution < -0.4 is 16.0 Å². The number of nitrogens with one attached hydrogen (secondary N) is 1. The van der Waals surface area contributed by atoms with Crippen molar-refractivity contribution in [1.29, 1.82) is 0 Å². The van der Waals surface area contributed by atoms with E-state index < -0.39 is 6.03 Å². The van der Waals surface area contributed by atoms with Gasteiger partial charge < -0.3 is 20.7 Å². The first-order valence-electron chi connectivity index (χ1n) is 10.0. The van der Waals surface area contributed by atoms with E-state index in [4.69, 9.17) is 27.1 Å². The molecule has 0 atom stereocenters. The van der Waals surface area contributed by atoms with Crippen molar-refractivity contribution >= 4 is 35.0 Å². The van der Waals surface area contributed by atoms with Crippen LogP contribution in [0.1, 0.15) is 30.4 Å². The van der Waals surface area contributed by atoms with Gasteiger partial charge in [0.05, 0.1) is 17.9 Å². The van der Waals surface area contributed by atoms with Crippen LogP contribution in [0.15, 0.2) is 53.7 Å². The SMILES string of the molecule is NC(=O)NC1CCN(c2ncccc2C2=NC(c3cccc(Cl)c3)=CCCO2)CC1. The van der Waals surface area contributed by atoms with Gasteiger partial charge in [0.15, 0.2) is 0 Å². The highest BCUT2D eigenvalue weighted by atomic mass is 35.5. The van der Waals surface area contributed by atoms with Crippen LogP contribution in [-0.2, 0) is 4.74 Å². The van der Waals surface area contributed by atoms with Crippen molar-refractivity contribution in [1.82, 2.24) is 10.3 Å². The Morgan fingerprint density at radius 2 is 2.07 bits per heavy atom. The summed E-state index contributed by atoms with van der Waals surface area (Å²) in [5, 5.41) is 3.46. The van der Waals surface area contributed by atoms with Crippen LogP contribution in [-0.4, -0.2) is 42.7 Å². The van der Waals surface area contributed by atoms with Gasteiger partial charge in [0.1, 0.15) is 5.82 Å². The molecule has 2 aliphatic rings. The van der Waals surface area contributed by atoms with Crippen molar-refractivity contribution in [3.8, 4) is 0 Å². The third kappa shape index (κ3) is 4.74. The molecule has 1 aromatic heterocycles. The first-order chi connectivity index (χ1) is 14.6. The van der Waals surface area contributed by atoms with Crippen molar-refractivity contribution in [2.45, 2.75) is 25.3 Å². The van der Waals surface area contributed by atoms with Gasteiger partial charge in [-0.15, -0.1) is 0 Å². The number of carbonyl (C=O) groups excluding carboxylic acids is 1. The number of amides is 2. The molecule has 0 radical (unpaired) electrons. The van der Waals surface area contributed by atoms with Gasteiger partial charge >= 0.3 is 6.03 Å². The van der Waals surface area contributed by atoms with Crippen LogP contribution in [0, 0.1) is 0 Å². The Morgan fingerprint density at radius 1 is 1.23 bits per heavy atom. The monoisotopic (exact) mass is 425 g/mol. The summed E-state index contributed by atoms with van der Waals surface area (Å²) < 4.78 is 6.00. The number of anilines is 1. The first kappa shape index (κ1) is 20.2. The van der Waals surface area contributed by atoms with E-state index in [2.05, 4.69) is 21.3 Å². The van der Waals surface area contributed by atoms with Crippen LogP contribution in [0.5, 0.6) is 0 Å². The first-order valence-corrected chi connectivity index (χ1v) is 10.4. The summed E-state index contributed by atoms with van der Waals surface area (Å²) in [6, 6.07) is 11.1. The van der Waals surface area contributed by atoms with Gasteiger partial charge in [-0.25, -0.2) is 14.8 Å². The van der Waals surface area contributed by atoms with E-state index in [1.807, 2.05) is 36.4 Å². The normalized spacial score (nSPS) is 17.4. The maximum absolute atomic E-state index is 11.1. The van der Waals surface area contributed by atoms with Crippen molar-refractivity contribution in [3.05, 3.63) is 64.8 Å². The van der Waals surface area contributed by atoms with Gasteiger partial charge in [-0.3, -0.25) is 0 Å². The van der Waals surface area contributed by atoms with Crippen molar-refractivity contribution in [3.63, 3.8) is 0 Å². The lowest BCUT2D eigenvalue weighted by atomic mass is 10.0. The molecule has 0 aliphatic carbocycles. The second-order valence-corrected chi connectivity index (χ2v) is 7.73. The summed E-state index contributed by atoms with van der Waals surface area (Å²) in [6.45, 7) is 2.07. The molecule has 3 heterocycles. The lowest BCUT2D eigenvalue weighted by Crippen LogP contribution is -2.46. The van der Waals surface area contributed by atoms with Gasteiger partial charge in [-0.05, 0) is 37.1 Å². The van der Waals surface area contributed by atoms with Crippen LogP contribution in [0.2, 0.25) is 5.02 Å². The quantitative estimate of drug-likeness (QED) is 0.782. The minimum Gasteiger partial charge on any atom is -0.477 e. The molecular weight excluding hydrogens is 402 g/mol. The van der Waals surface area contributed by atoms with E-state index in [0.717, 1.165) is 55.0 Å². The predicted octanol–water partition coefficient (Wildman–Crippen LogP) is 3.58. The zero-order chi connectivity index (χ0) is 20.9. The molecular formula is C22H24ClN5O2. The summed E-state index contributed by atoms with van der Waals surface area (Å²) in [5.74, 6) is 1.39. The zero-order valence-electron chi connectivity index (χ0n) is 16.6. The fourth-order valence-electron chi connectivity index (χ4n) is 3.76. The number of primary amides is 1. The Morgan fingerprint density at radius 3 is 2.83 bits per heavy atom. The number of urea groups is 1. The van der Waals surface area contributed by atoms with Crippen LogP contribution in [0.25, 0.3) is 5.70 Å². The number of halogens is 1. The Bertz CT molecular complexity index is 983. The fraction of sp³-hybridized carbons (Fsp3) is 0.318. The van der Waals surface area contributed by atoms with Crippen molar-refractivity contribution in [2.24, 2.45) is 10.7 Å². The smallest absolute Gasteiger partial charge is 0.312 e. The second-order valence-electron chi connectivity index (χ2n) is 7.30. The number of hydrogen-bond donors (Lipinski definition) is 2. The maximum Gasteiger partial charge on any atom is 0.312 e. The Hall–Kier alpha value is -3.06. The molecule has 7 nitrogen and oxygen atoms in total. The third-order valence-electron chi connectivity index (χ3n) is 5.19. The molecule has 8 heteroatoms. The molecule has 1 saturated heterocycles. The number of carbonyl (C=O) groups is 1. The van der Waals surface area contributed by atoms with E-state index in [1.54, 1.807) is 6.20 Å². The number of aromatic nitrogens is 1. The highest BCUT2D eigenvalue weighted by molar-refractivity contribution is 6.30. The number of nitrogens with zero attached hydrogens (tertiary/aromatic N) is 3. The summed E-state index contributed by atoms with van der Waals surface area (Å²) in [7, 11) is 0. The molecule has 2 aliphatic heterocycles. The summed E-state index contributed by atoms with van der Waals surface area (Å²) in [4.78, 5) is 22.8. The Labute approximate surface area is 180 Å². The van der Waals surface area contributed by atoms with Crippen molar-refractivity contribution < 1.29 is 9.53 Å². The van der Waals surface area contributed by atoms with E-state index in [1.165, 1.54) is 0 Å². The molecule has 1 fully saturated rings. The van der Waals surface area contributed by atoms with Gasteiger partial charge in [-0.1, -0.05) is 29.8 Å².